The zero-order valence-electron chi connectivity index (χ0n) is 15.0. The van der Waals surface area contributed by atoms with Crippen LogP contribution in [0.5, 0.6) is 5.75 Å². The van der Waals surface area contributed by atoms with Crippen molar-refractivity contribution in [2.24, 2.45) is 0 Å². The normalized spacial score (nSPS) is 28.0. The van der Waals surface area contributed by atoms with Crippen molar-refractivity contribution in [1.82, 2.24) is 9.80 Å². The molecule has 6 heteroatoms. The van der Waals surface area contributed by atoms with E-state index in [9.17, 15) is 14.4 Å². The molecule has 0 N–H and O–H groups in total. The van der Waals surface area contributed by atoms with E-state index in [1.54, 1.807) is 7.11 Å². The lowest BCUT2D eigenvalue weighted by molar-refractivity contribution is -0.144. The largest absolute Gasteiger partial charge is 0.496 e. The first-order valence-corrected chi connectivity index (χ1v) is 9.36. The van der Waals surface area contributed by atoms with Crippen molar-refractivity contribution in [1.29, 1.82) is 0 Å². The zero-order valence-corrected chi connectivity index (χ0v) is 15.0. The summed E-state index contributed by atoms with van der Waals surface area (Å²) in [5.41, 5.74) is 0.895. The number of ether oxygens (including phenoxy) is 1. The number of hydrogen-bond acceptors (Lipinski definition) is 4. The summed E-state index contributed by atoms with van der Waals surface area (Å²) in [5.74, 6) is 0.747. The summed E-state index contributed by atoms with van der Waals surface area (Å²) in [6.07, 6.45) is 4.33. The van der Waals surface area contributed by atoms with Gasteiger partial charge < -0.3 is 9.64 Å². The van der Waals surface area contributed by atoms with Crippen LogP contribution in [0.2, 0.25) is 0 Å². The number of amides is 3. The van der Waals surface area contributed by atoms with Gasteiger partial charge in [0.2, 0.25) is 17.7 Å². The highest BCUT2D eigenvalue weighted by molar-refractivity contribution is 6.02. The number of carbonyl (C=O) groups excluding carboxylic acids is 3. The summed E-state index contributed by atoms with van der Waals surface area (Å²) >= 11 is 0. The van der Waals surface area contributed by atoms with E-state index in [-0.39, 0.29) is 35.8 Å². The van der Waals surface area contributed by atoms with Crippen molar-refractivity contribution in [3.05, 3.63) is 29.8 Å². The van der Waals surface area contributed by atoms with Crippen LogP contribution in [0.3, 0.4) is 0 Å². The van der Waals surface area contributed by atoms with Gasteiger partial charge in [0.15, 0.2) is 0 Å². The lowest BCUT2D eigenvalue weighted by Crippen LogP contribution is -2.54. The molecule has 2 bridgehead atoms. The Morgan fingerprint density at radius 3 is 2.27 bits per heavy atom. The van der Waals surface area contributed by atoms with Crippen LogP contribution in [0.4, 0.5) is 0 Å². The number of likely N-dealkylation sites (tertiary alicyclic amines) is 1. The smallest absolute Gasteiger partial charge is 0.229 e. The third-order valence-electron chi connectivity index (χ3n) is 5.99. The van der Waals surface area contributed by atoms with Crippen LogP contribution in [0.15, 0.2) is 24.3 Å². The second-order valence-electron chi connectivity index (χ2n) is 7.46. The summed E-state index contributed by atoms with van der Waals surface area (Å²) in [6, 6.07) is 7.82. The topological polar surface area (TPSA) is 66.9 Å². The molecule has 3 heterocycles. The Kier molecular flexibility index (Phi) is 4.42. The van der Waals surface area contributed by atoms with Crippen LogP contribution in [0.1, 0.15) is 44.1 Å². The van der Waals surface area contributed by atoms with Gasteiger partial charge >= 0.3 is 0 Å². The molecule has 0 spiro atoms. The highest BCUT2D eigenvalue weighted by Crippen LogP contribution is 2.39. The predicted octanol–water partition coefficient (Wildman–Crippen LogP) is 1.91. The Hall–Kier alpha value is -2.37. The van der Waals surface area contributed by atoms with Crippen LogP contribution in [-0.4, -0.2) is 52.8 Å². The summed E-state index contributed by atoms with van der Waals surface area (Å²) in [7, 11) is 1.61. The van der Waals surface area contributed by atoms with Crippen molar-refractivity contribution in [2.45, 2.75) is 63.1 Å². The van der Waals surface area contributed by atoms with Gasteiger partial charge in [-0.2, -0.15) is 0 Å². The number of imide groups is 1. The molecule has 3 amide bonds. The molecule has 26 heavy (non-hydrogen) atoms. The third kappa shape index (κ3) is 2.87. The Morgan fingerprint density at radius 2 is 1.65 bits per heavy atom. The predicted molar refractivity (Wildman–Crippen MR) is 94.5 cm³/mol. The van der Waals surface area contributed by atoms with Crippen LogP contribution >= 0.6 is 0 Å². The lowest BCUT2D eigenvalue weighted by atomic mass is 9.95. The van der Waals surface area contributed by atoms with Gasteiger partial charge in [-0.25, -0.2) is 0 Å². The molecule has 3 saturated heterocycles. The molecule has 0 aliphatic carbocycles. The fourth-order valence-electron chi connectivity index (χ4n) is 4.87. The van der Waals surface area contributed by atoms with Crippen molar-refractivity contribution in [3.8, 4) is 5.75 Å². The number of para-hydroxylation sites is 1. The SMILES string of the molecule is COc1ccccc1CC(=O)N1C2CCC1CC(N1C(=O)CCC1=O)C2. The number of fused-ring (bicyclic) bond motifs is 2. The number of carbonyl (C=O) groups is 3. The third-order valence-corrected chi connectivity index (χ3v) is 5.99. The molecule has 1 aromatic carbocycles. The number of nitrogens with zero attached hydrogens (tertiary/aromatic N) is 2. The molecule has 138 valence electrons. The monoisotopic (exact) mass is 356 g/mol. The molecular weight excluding hydrogens is 332 g/mol. The molecule has 1 aromatic rings. The Morgan fingerprint density at radius 1 is 1.04 bits per heavy atom. The molecule has 6 nitrogen and oxygen atoms in total. The van der Waals surface area contributed by atoms with E-state index in [4.69, 9.17) is 4.74 Å². The van der Waals surface area contributed by atoms with E-state index >= 15 is 0 Å². The molecule has 3 aliphatic heterocycles. The van der Waals surface area contributed by atoms with Gasteiger partial charge in [0.05, 0.1) is 13.5 Å². The van der Waals surface area contributed by atoms with Crippen molar-refractivity contribution in [3.63, 3.8) is 0 Å². The second-order valence-corrected chi connectivity index (χ2v) is 7.46. The van der Waals surface area contributed by atoms with Crippen LogP contribution < -0.4 is 4.74 Å². The Bertz CT molecular complexity index is 717. The average molecular weight is 356 g/mol. The Labute approximate surface area is 153 Å². The minimum absolute atomic E-state index is 0.0367. The average Bonchev–Trinajstić information content (AvgIpc) is 3.11. The summed E-state index contributed by atoms with van der Waals surface area (Å²) in [4.78, 5) is 40.6. The molecule has 3 fully saturated rings. The maximum absolute atomic E-state index is 13.0. The molecule has 2 unspecified atom stereocenters. The molecule has 0 saturated carbocycles. The maximum Gasteiger partial charge on any atom is 0.229 e. The first kappa shape index (κ1) is 17.1. The number of rotatable bonds is 4. The van der Waals surface area contributed by atoms with Gasteiger partial charge in [0.1, 0.15) is 5.75 Å². The first-order chi connectivity index (χ1) is 12.6. The van der Waals surface area contributed by atoms with E-state index in [0.717, 1.165) is 24.2 Å². The molecular formula is C20H24N2O4. The van der Waals surface area contributed by atoms with Crippen molar-refractivity contribution in [2.75, 3.05) is 7.11 Å². The zero-order chi connectivity index (χ0) is 18.3. The van der Waals surface area contributed by atoms with E-state index in [2.05, 4.69) is 0 Å². The Balaban J connectivity index is 1.47. The van der Waals surface area contributed by atoms with Crippen LogP contribution in [0, 0.1) is 0 Å². The summed E-state index contributed by atoms with van der Waals surface area (Å²) in [6.45, 7) is 0. The fourth-order valence-corrected chi connectivity index (χ4v) is 4.87. The van der Waals surface area contributed by atoms with Crippen LogP contribution in [-0.2, 0) is 20.8 Å². The van der Waals surface area contributed by atoms with Crippen molar-refractivity contribution < 1.29 is 19.1 Å². The molecule has 0 aromatic heterocycles. The molecule has 3 aliphatic rings. The van der Waals surface area contributed by atoms with Gasteiger partial charge in [-0.1, -0.05) is 18.2 Å². The molecule has 2 atom stereocenters. The number of methoxy groups -OCH3 is 1. The van der Waals surface area contributed by atoms with Crippen molar-refractivity contribution >= 4 is 17.7 Å². The lowest BCUT2D eigenvalue weighted by Gasteiger charge is -2.41. The molecule has 4 rings (SSSR count). The van der Waals surface area contributed by atoms with Gasteiger partial charge in [-0.05, 0) is 31.7 Å². The van der Waals surface area contributed by atoms with E-state index in [0.29, 0.717) is 32.1 Å². The minimum atomic E-state index is -0.0480. The molecule has 0 radical (unpaired) electrons. The summed E-state index contributed by atoms with van der Waals surface area (Å²) in [5, 5.41) is 0. The van der Waals surface area contributed by atoms with Gasteiger partial charge in [-0.3, -0.25) is 19.3 Å². The van der Waals surface area contributed by atoms with Gasteiger partial charge in [0.25, 0.3) is 0 Å². The number of piperidine rings is 1. The number of hydrogen-bond donors (Lipinski definition) is 0. The highest BCUT2D eigenvalue weighted by Gasteiger charge is 2.47. The van der Waals surface area contributed by atoms with E-state index in [1.165, 1.54) is 4.90 Å². The number of benzene rings is 1. The fraction of sp³-hybridized carbons (Fsp3) is 0.550. The van der Waals surface area contributed by atoms with Gasteiger partial charge in [0, 0.05) is 36.5 Å². The van der Waals surface area contributed by atoms with E-state index < -0.39 is 0 Å². The quantitative estimate of drug-likeness (QED) is 0.773. The van der Waals surface area contributed by atoms with E-state index in [1.807, 2.05) is 29.2 Å². The second kappa shape index (κ2) is 6.74. The van der Waals surface area contributed by atoms with Gasteiger partial charge in [-0.15, -0.1) is 0 Å². The minimum Gasteiger partial charge on any atom is -0.496 e. The maximum atomic E-state index is 13.0. The van der Waals surface area contributed by atoms with Crippen LogP contribution in [0.25, 0.3) is 0 Å². The first-order valence-electron chi connectivity index (χ1n) is 9.36. The highest BCUT2D eigenvalue weighted by atomic mass is 16.5. The standard InChI is InChI=1S/C20H24N2O4/c1-26-17-5-3-2-4-13(17)10-20(25)21-14-6-7-15(21)12-16(11-14)22-18(23)8-9-19(22)24/h2-5,14-16H,6-12H2,1H3. The summed E-state index contributed by atoms with van der Waals surface area (Å²) < 4.78 is 5.36.